The van der Waals surface area contributed by atoms with Crippen molar-refractivity contribution >= 4 is 23.5 Å². The zero-order valence-corrected chi connectivity index (χ0v) is 13.0. The van der Waals surface area contributed by atoms with Gasteiger partial charge in [0.25, 0.3) is 0 Å². The molecule has 0 aliphatic rings. The van der Waals surface area contributed by atoms with Crippen molar-refractivity contribution in [1.29, 1.82) is 0 Å². The third-order valence-corrected chi connectivity index (χ3v) is 2.85. The number of anilines is 1. The molecule has 22 heavy (non-hydrogen) atoms. The van der Waals surface area contributed by atoms with E-state index in [0.29, 0.717) is 6.54 Å². The Hall–Kier alpha value is -2.41. The van der Waals surface area contributed by atoms with Crippen molar-refractivity contribution < 1.29 is 19.1 Å². The lowest BCUT2D eigenvalue weighted by atomic mass is 10.2. The fraction of sp³-hybridized carbons (Fsp3) is 0.400. The Labute approximate surface area is 129 Å². The summed E-state index contributed by atoms with van der Waals surface area (Å²) in [5.41, 5.74) is 0.432. The Balaban J connectivity index is 2.58. The first-order valence-corrected chi connectivity index (χ1v) is 6.87. The molecule has 0 fully saturated rings. The number of amides is 2. The second-order valence-electron chi connectivity index (χ2n) is 4.90. The van der Waals surface area contributed by atoms with Crippen LogP contribution in [0.1, 0.15) is 16.8 Å². The van der Waals surface area contributed by atoms with Gasteiger partial charge < -0.3 is 20.3 Å². The smallest absolute Gasteiger partial charge is 0.339 e. The maximum Gasteiger partial charge on any atom is 0.339 e. The molecule has 2 amide bonds. The highest BCUT2D eigenvalue weighted by Crippen LogP contribution is 2.15. The monoisotopic (exact) mass is 307 g/mol. The quantitative estimate of drug-likeness (QED) is 0.453. The zero-order chi connectivity index (χ0) is 16.5. The third kappa shape index (κ3) is 5.53. The maximum absolute atomic E-state index is 11.8. The normalized spacial score (nSPS) is 10.2. The zero-order valence-electron chi connectivity index (χ0n) is 13.0. The summed E-state index contributed by atoms with van der Waals surface area (Å²) in [5, 5.41) is 4.94. The van der Waals surface area contributed by atoms with Crippen LogP contribution in [0.4, 0.5) is 5.69 Å². The molecule has 1 aromatic rings. The maximum atomic E-state index is 11.8. The van der Waals surface area contributed by atoms with E-state index >= 15 is 0 Å². The van der Waals surface area contributed by atoms with Gasteiger partial charge in [0.05, 0.1) is 18.4 Å². The van der Waals surface area contributed by atoms with Gasteiger partial charge in [-0.2, -0.15) is 0 Å². The van der Waals surface area contributed by atoms with E-state index in [1.165, 1.54) is 19.2 Å². The number of nitrogens with one attached hydrogen (secondary N) is 2. The van der Waals surface area contributed by atoms with Crippen molar-refractivity contribution in [2.24, 2.45) is 0 Å². The molecule has 2 N–H and O–H groups in total. The first-order chi connectivity index (χ1) is 10.5. The third-order valence-electron chi connectivity index (χ3n) is 2.85. The minimum atomic E-state index is -0.818. The number of nitrogens with zero attached hydrogens (tertiary/aromatic N) is 1. The van der Waals surface area contributed by atoms with Gasteiger partial charge in [0, 0.05) is 6.54 Å². The number of esters is 1. The molecule has 0 aliphatic heterocycles. The van der Waals surface area contributed by atoms with Gasteiger partial charge in [-0.15, -0.1) is 0 Å². The molecule has 0 saturated carbocycles. The van der Waals surface area contributed by atoms with Crippen LogP contribution in [-0.2, 0) is 14.3 Å². The van der Waals surface area contributed by atoms with Gasteiger partial charge in [0.2, 0.25) is 0 Å². The predicted octanol–water partition coefficient (Wildman–Crippen LogP) is 0.480. The van der Waals surface area contributed by atoms with Crippen molar-refractivity contribution in [1.82, 2.24) is 10.2 Å². The SMILES string of the molecule is COC(=O)c1ccccc1NC(=O)C(=O)NCCCN(C)C. The summed E-state index contributed by atoms with van der Waals surface area (Å²) in [5.74, 6) is -2.14. The van der Waals surface area contributed by atoms with E-state index in [1.807, 2.05) is 19.0 Å². The molecule has 0 heterocycles. The van der Waals surface area contributed by atoms with Crippen molar-refractivity contribution in [2.75, 3.05) is 39.6 Å². The van der Waals surface area contributed by atoms with E-state index in [-0.39, 0.29) is 11.3 Å². The van der Waals surface area contributed by atoms with Crippen molar-refractivity contribution in [3.8, 4) is 0 Å². The van der Waals surface area contributed by atoms with E-state index < -0.39 is 17.8 Å². The van der Waals surface area contributed by atoms with Gasteiger partial charge in [0.15, 0.2) is 0 Å². The highest BCUT2D eigenvalue weighted by atomic mass is 16.5. The number of methoxy groups -OCH3 is 1. The first-order valence-electron chi connectivity index (χ1n) is 6.87. The molecule has 0 bridgehead atoms. The summed E-state index contributed by atoms with van der Waals surface area (Å²) in [6, 6.07) is 6.33. The topological polar surface area (TPSA) is 87.7 Å². The van der Waals surface area contributed by atoms with Crippen LogP contribution < -0.4 is 10.6 Å². The van der Waals surface area contributed by atoms with Gasteiger partial charge in [-0.25, -0.2) is 4.79 Å². The Morgan fingerprint density at radius 1 is 1.14 bits per heavy atom. The number of benzene rings is 1. The molecular weight excluding hydrogens is 286 g/mol. The van der Waals surface area contributed by atoms with Gasteiger partial charge in [-0.05, 0) is 39.2 Å². The molecule has 0 saturated heterocycles. The molecule has 7 heteroatoms. The average molecular weight is 307 g/mol. The minimum Gasteiger partial charge on any atom is -0.465 e. The molecule has 0 spiro atoms. The van der Waals surface area contributed by atoms with Crippen LogP contribution in [-0.4, -0.2) is 57.0 Å². The lowest BCUT2D eigenvalue weighted by Crippen LogP contribution is -2.37. The fourth-order valence-electron chi connectivity index (χ4n) is 1.74. The minimum absolute atomic E-state index is 0.193. The number of ether oxygens (including phenoxy) is 1. The summed E-state index contributed by atoms with van der Waals surface area (Å²) in [4.78, 5) is 37.1. The van der Waals surface area contributed by atoms with Crippen LogP contribution in [0.25, 0.3) is 0 Å². The Morgan fingerprint density at radius 3 is 2.45 bits per heavy atom. The van der Waals surface area contributed by atoms with Crippen LogP contribution in [0.15, 0.2) is 24.3 Å². The largest absolute Gasteiger partial charge is 0.465 e. The summed E-state index contributed by atoms with van der Waals surface area (Å²) in [6.45, 7) is 1.22. The number of para-hydroxylation sites is 1. The van der Waals surface area contributed by atoms with Crippen LogP contribution in [0, 0.1) is 0 Å². The molecule has 0 radical (unpaired) electrons. The molecule has 1 rings (SSSR count). The molecule has 1 aromatic carbocycles. The number of rotatable bonds is 6. The highest BCUT2D eigenvalue weighted by Gasteiger charge is 2.17. The average Bonchev–Trinajstić information content (AvgIpc) is 2.50. The van der Waals surface area contributed by atoms with Gasteiger partial charge in [-0.1, -0.05) is 12.1 Å². The number of carbonyl (C=O) groups is 3. The van der Waals surface area contributed by atoms with Crippen LogP contribution in [0.2, 0.25) is 0 Å². The van der Waals surface area contributed by atoms with Crippen molar-refractivity contribution in [2.45, 2.75) is 6.42 Å². The van der Waals surface area contributed by atoms with E-state index in [1.54, 1.807) is 12.1 Å². The predicted molar refractivity (Wildman–Crippen MR) is 82.6 cm³/mol. The highest BCUT2D eigenvalue weighted by molar-refractivity contribution is 6.40. The van der Waals surface area contributed by atoms with Gasteiger partial charge in [0.1, 0.15) is 0 Å². The second-order valence-corrected chi connectivity index (χ2v) is 4.90. The van der Waals surface area contributed by atoms with Crippen LogP contribution >= 0.6 is 0 Å². The number of carbonyl (C=O) groups excluding carboxylic acids is 3. The molecule has 0 aliphatic carbocycles. The number of hydrogen-bond acceptors (Lipinski definition) is 5. The summed E-state index contributed by atoms with van der Waals surface area (Å²) < 4.78 is 4.63. The van der Waals surface area contributed by atoms with E-state index in [4.69, 9.17) is 0 Å². The van der Waals surface area contributed by atoms with Gasteiger partial charge >= 0.3 is 17.8 Å². The number of hydrogen-bond donors (Lipinski definition) is 2. The lowest BCUT2D eigenvalue weighted by molar-refractivity contribution is -0.136. The Morgan fingerprint density at radius 2 is 1.82 bits per heavy atom. The van der Waals surface area contributed by atoms with Crippen molar-refractivity contribution in [3.63, 3.8) is 0 Å². The molecule has 0 atom stereocenters. The lowest BCUT2D eigenvalue weighted by Gasteiger charge is -2.11. The summed E-state index contributed by atoms with van der Waals surface area (Å²) >= 11 is 0. The Kier molecular flexibility index (Phi) is 7.04. The molecule has 120 valence electrons. The van der Waals surface area contributed by atoms with Gasteiger partial charge in [-0.3, -0.25) is 9.59 Å². The standard InChI is InChI=1S/C15H21N3O4/c1-18(2)10-6-9-16-13(19)14(20)17-12-8-5-4-7-11(12)15(21)22-3/h4-5,7-8H,6,9-10H2,1-3H3,(H,16,19)(H,17,20). The molecule has 0 aromatic heterocycles. The van der Waals surface area contributed by atoms with E-state index in [2.05, 4.69) is 15.4 Å². The Bertz CT molecular complexity index is 543. The molecular formula is C15H21N3O4. The van der Waals surface area contributed by atoms with E-state index in [0.717, 1.165) is 13.0 Å². The first kappa shape index (κ1) is 17.6. The van der Waals surface area contributed by atoms with Crippen LogP contribution in [0.3, 0.4) is 0 Å². The van der Waals surface area contributed by atoms with Crippen LogP contribution in [0.5, 0.6) is 0 Å². The summed E-state index contributed by atoms with van der Waals surface area (Å²) in [6.07, 6.45) is 0.741. The van der Waals surface area contributed by atoms with E-state index in [9.17, 15) is 14.4 Å². The summed E-state index contributed by atoms with van der Waals surface area (Å²) in [7, 11) is 5.11. The molecule has 7 nitrogen and oxygen atoms in total. The van der Waals surface area contributed by atoms with Crippen molar-refractivity contribution in [3.05, 3.63) is 29.8 Å². The fourth-order valence-corrected chi connectivity index (χ4v) is 1.74. The second kappa shape index (κ2) is 8.78. The molecule has 0 unspecified atom stereocenters.